The second kappa shape index (κ2) is 8.86. The number of hydrogen-bond donors (Lipinski definition) is 1. The van der Waals surface area contributed by atoms with Crippen LogP contribution in [0.4, 0.5) is 0 Å². The van der Waals surface area contributed by atoms with E-state index in [1.807, 2.05) is 61.5 Å². The highest BCUT2D eigenvalue weighted by molar-refractivity contribution is 8.00. The van der Waals surface area contributed by atoms with E-state index < -0.39 is 0 Å². The average molecular weight is 334 g/mol. The van der Waals surface area contributed by atoms with Crippen molar-refractivity contribution < 1.29 is 4.79 Å². The molecule has 0 aliphatic rings. The van der Waals surface area contributed by atoms with Crippen LogP contribution in [0.15, 0.2) is 59.5 Å². The molecule has 0 aromatic heterocycles. The number of hydrogen-bond acceptors (Lipinski definition) is 2. The predicted molar refractivity (Wildman–Crippen MR) is 94.5 cm³/mol. The van der Waals surface area contributed by atoms with Crippen LogP contribution >= 0.6 is 23.4 Å². The van der Waals surface area contributed by atoms with Gasteiger partial charge in [0.1, 0.15) is 0 Å². The number of halogens is 1. The Morgan fingerprint density at radius 2 is 1.82 bits per heavy atom. The Labute approximate surface area is 141 Å². The average Bonchev–Trinajstić information content (AvgIpc) is 2.54. The summed E-state index contributed by atoms with van der Waals surface area (Å²) >= 11 is 7.44. The van der Waals surface area contributed by atoms with Crippen molar-refractivity contribution in [2.24, 2.45) is 0 Å². The number of benzene rings is 2. The number of carbonyl (C=O) groups excluding carboxylic acids is 1. The Kier molecular flexibility index (Phi) is 6.81. The molecule has 2 aromatic carbocycles. The molecular formula is C18H20ClNOS. The summed E-state index contributed by atoms with van der Waals surface area (Å²) in [7, 11) is 0. The second-order valence-corrected chi connectivity index (χ2v) is 6.94. The summed E-state index contributed by atoms with van der Waals surface area (Å²) in [6.45, 7) is 2.63. The van der Waals surface area contributed by atoms with Gasteiger partial charge in [0.2, 0.25) is 5.91 Å². The minimum Gasteiger partial charge on any atom is -0.355 e. The first kappa shape index (κ1) is 16.9. The van der Waals surface area contributed by atoms with Crippen molar-refractivity contribution >= 4 is 29.3 Å². The normalized spacial score (nSPS) is 11.9. The Morgan fingerprint density at radius 1 is 1.14 bits per heavy atom. The first-order chi connectivity index (χ1) is 10.6. The Balaban J connectivity index is 1.67. The number of amides is 1. The lowest BCUT2D eigenvalue weighted by Gasteiger charge is -2.12. The van der Waals surface area contributed by atoms with Gasteiger partial charge in [0.25, 0.3) is 0 Å². The number of carbonyl (C=O) groups is 1. The lowest BCUT2D eigenvalue weighted by Crippen LogP contribution is -2.31. The van der Waals surface area contributed by atoms with Crippen molar-refractivity contribution in [2.45, 2.75) is 29.9 Å². The highest BCUT2D eigenvalue weighted by Crippen LogP contribution is 2.22. The zero-order valence-electron chi connectivity index (χ0n) is 12.6. The fourth-order valence-electron chi connectivity index (χ4n) is 2.06. The fraction of sp³-hybridized carbons (Fsp3) is 0.278. The molecule has 1 amide bonds. The van der Waals surface area contributed by atoms with E-state index in [0.29, 0.717) is 6.54 Å². The topological polar surface area (TPSA) is 29.1 Å². The molecule has 1 atom stereocenters. The Morgan fingerprint density at radius 3 is 2.50 bits per heavy atom. The number of rotatable bonds is 7. The van der Waals surface area contributed by atoms with Crippen molar-refractivity contribution in [1.29, 1.82) is 0 Å². The second-order valence-electron chi connectivity index (χ2n) is 5.09. The summed E-state index contributed by atoms with van der Waals surface area (Å²) in [5.74, 6) is 0.0879. The first-order valence-corrected chi connectivity index (χ1v) is 8.65. The summed E-state index contributed by atoms with van der Waals surface area (Å²) in [6, 6.07) is 17.8. The van der Waals surface area contributed by atoms with E-state index in [0.717, 1.165) is 22.8 Å². The minimum absolute atomic E-state index is 0.0852. The molecular weight excluding hydrogens is 314 g/mol. The van der Waals surface area contributed by atoms with Crippen LogP contribution in [0, 0.1) is 0 Å². The van der Waals surface area contributed by atoms with Gasteiger partial charge in [-0.2, -0.15) is 0 Å². The van der Waals surface area contributed by atoms with Gasteiger partial charge >= 0.3 is 0 Å². The van der Waals surface area contributed by atoms with Gasteiger partial charge in [-0.15, -0.1) is 11.8 Å². The molecule has 0 saturated carbocycles. The SMILES string of the molecule is C[C@@H](Sc1ccccc1)C(=O)NCCCc1ccc(Cl)cc1. The third-order valence-electron chi connectivity index (χ3n) is 3.28. The number of thioether (sulfide) groups is 1. The number of aryl methyl sites for hydroxylation is 1. The van der Waals surface area contributed by atoms with Crippen LogP contribution in [0.25, 0.3) is 0 Å². The highest BCUT2D eigenvalue weighted by atomic mass is 35.5. The summed E-state index contributed by atoms with van der Waals surface area (Å²) in [5.41, 5.74) is 1.24. The summed E-state index contributed by atoms with van der Waals surface area (Å²) < 4.78 is 0. The van der Waals surface area contributed by atoms with Gasteiger partial charge in [0.15, 0.2) is 0 Å². The first-order valence-electron chi connectivity index (χ1n) is 7.39. The molecule has 0 unspecified atom stereocenters. The van der Waals surface area contributed by atoms with E-state index in [-0.39, 0.29) is 11.2 Å². The van der Waals surface area contributed by atoms with Crippen LogP contribution in [-0.2, 0) is 11.2 Å². The molecule has 0 aliphatic heterocycles. The van der Waals surface area contributed by atoms with Gasteiger partial charge in [-0.25, -0.2) is 0 Å². The third kappa shape index (κ3) is 5.74. The predicted octanol–water partition coefficient (Wildman–Crippen LogP) is 4.57. The molecule has 1 N–H and O–H groups in total. The van der Waals surface area contributed by atoms with Crippen molar-refractivity contribution in [3.8, 4) is 0 Å². The monoisotopic (exact) mass is 333 g/mol. The molecule has 116 valence electrons. The molecule has 0 fully saturated rings. The maximum Gasteiger partial charge on any atom is 0.233 e. The van der Waals surface area contributed by atoms with E-state index in [4.69, 9.17) is 11.6 Å². The maximum atomic E-state index is 12.1. The Hall–Kier alpha value is -1.45. The van der Waals surface area contributed by atoms with E-state index in [1.54, 1.807) is 11.8 Å². The van der Waals surface area contributed by atoms with Gasteiger partial charge in [-0.1, -0.05) is 41.9 Å². The standard InChI is InChI=1S/C18H20ClNOS/c1-14(22-17-7-3-2-4-8-17)18(21)20-13-5-6-15-9-11-16(19)12-10-15/h2-4,7-12,14H,5-6,13H2,1H3,(H,20,21)/t14-/m1/s1. The van der Waals surface area contributed by atoms with Gasteiger partial charge in [-0.05, 0) is 49.6 Å². The molecule has 2 aromatic rings. The molecule has 22 heavy (non-hydrogen) atoms. The summed E-state index contributed by atoms with van der Waals surface area (Å²) in [6.07, 6.45) is 1.87. The molecule has 2 rings (SSSR count). The van der Waals surface area contributed by atoms with E-state index in [1.165, 1.54) is 5.56 Å². The van der Waals surface area contributed by atoms with Crippen LogP contribution in [0.3, 0.4) is 0 Å². The van der Waals surface area contributed by atoms with Crippen molar-refractivity contribution in [2.75, 3.05) is 6.54 Å². The molecule has 0 aliphatic carbocycles. The van der Waals surface area contributed by atoms with E-state index >= 15 is 0 Å². The molecule has 2 nitrogen and oxygen atoms in total. The molecule has 0 heterocycles. The van der Waals surface area contributed by atoms with E-state index in [2.05, 4.69) is 5.32 Å². The zero-order valence-corrected chi connectivity index (χ0v) is 14.2. The Bertz CT molecular complexity index is 586. The highest BCUT2D eigenvalue weighted by Gasteiger charge is 2.13. The van der Waals surface area contributed by atoms with Crippen LogP contribution in [0.5, 0.6) is 0 Å². The molecule has 0 spiro atoms. The van der Waals surface area contributed by atoms with Gasteiger partial charge in [0.05, 0.1) is 5.25 Å². The molecule has 0 radical (unpaired) electrons. The summed E-state index contributed by atoms with van der Waals surface area (Å²) in [5, 5.41) is 3.67. The van der Waals surface area contributed by atoms with Gasteiger partial charge < -0.3 is 5.32 Å². The molecule has 0 saturated heterocycles. The number of nitrogens with one attached hydrogen (secondary N) is 1. The van der Waals surface area contributed by atoms with Crippen LogP contribution in [-0.4, -0.2) is 17.7 Å². The largest absolute Gasteiger partial charge is 0.355 e. The van der Waals surface area contributed by atoms with Gasteiger partial charge in [0, 0.05) is 16.5 Å². The molecule has 4 heteroatoms. The lowest BCUT2D eigenvalue weighted by molar-refractivity contribution is -0.120. The third-order valence-corrected chi connectivity index (χ3v) is 4.64. The summed E-state index contributed by atoms with van der Waals surface area (Å²) in [4.78, 5) is 13.2. The minimum atomic E-state index is -0.0852. The van der Waals surface area contributed by atoms with Crippen LogP contribution < -0.4 is 5.32 Å². The van der Waals surface area contributed by atoms with Crippen molar-refractivity contribution in [1.82, 2.24) is 5.32 Å². The van der Waals surface area contributed by atoms with E-state index in [9.17, 15) is 4.79 Å². The van der Waals surface area contributed by atoms with Crippen molar-refractivity contribution in [3.05, 3.63) is 65.2 Å². The zero-order chi connectivity index (χ0) is 15.8. The maximum absolute atomic E-state index is 12.1. The van der Waals surface area contributed by atoms with Gasteiger partial charge in [-0.3, -0.25) is 4.79 Å². The fourth-order valence-corrected chi connectivity index (χ4v) is 3.09. The van der Waals surface area contributed by atoms with Crippen LogP contribution in [0.1, 0.15) is 18.9 Å². The quantitative estimate of drug-likeness (QED) is 0.594. The molecule has 0 bridgehead atoms. The lowest BCUT2D eigenvalue weighted by atomic mass is 10.1. The smallest absolute Gasteiger partial charge is 0.233 e. The van der Waals surface area contributed by atoms with Crippen LogP contribution in [0.2, 0.25) is 5.02 Å². The van der Waals surface area contributed by atoms with Crippen molar-refractivity contribution in [3.63, 3.8) is 0 Å².